The molecule has 1 spiro atoms. The average Bonchev–Trinajstić information content (AvgIpc) is 3.18. The molecule has 3 aliphatic heterocycles. The van der Waals surface area contributed by atoms with Crippen molar-refractivity contribution in [3.63, 3.8) is 0 Å². The first-order valence-corrected chi connectivity index (χ1v) is 16.3. The molecule has 4 aliphatic rings. The second-order valence-corrected chi connectivity index (χ2v) is 14.5. The summed E-state index contributed by atoms with van der Waals surface area (Å²) in [6.45, 7) is 14.9. The molecule has 0 saturated carbocycles. The molecular formula is C38H46O9. The topological polar surface area (TPSA) is 140 Å². The first-order valence-electron chi connectivity index (χ1n) is 16.3. The number of fused-ring (bicyclic) bond motifs is 2. The number of aromatic hydroxyl groups is 1. The first-order chi connectivity index (χ1) is 21.9. The lowest BCUT2D eigenvalue weighted by molar-refractivity contribution is -0.184. The van der Waals surface area contributed by atoms with Crippen LogP contribution in [0.3, 0.4) is 0 Å². The number of aliphatic carboxylic acids is 2. The predicted molar refractivity (Wildman–Crippen MR) is 178 cm³/mol. The van der Waals surface area contributed by atoms with Gasteiger partial charge in [0.1, 0.15) is 28.4 Å². The van der Waals surface area contributed by atoms with E-state index in [1.807, 2.05) is 46.8 Å². The number of rotatable bonds is 9. The number of carbonyl (C=O) groups is 3. The van der Waals surface area contributed by atoms with Crippen LogP contribution in [0.4, 0.5) is 0 Å². The van der Waals surface area contributed by atoms with Gasteiger partial charge in [-0.2, -0.15) is 0 Å². The lowest BCUT2D eigenvalue weighted by Gasteiger charge is -2.50. The standard InChI is InChI=1S/C38H46O9/c1-21(2)11-10-18-36(8)19-17-24-29(39)28-30(40)26-12-9-13-27-35(6,7)47-37(34(43)44,20-16-23(5)33(41)42)38(26,27)46-32(28)25(31(24)45-36)15-14-22(3)4/h11-12,14,16-17,19,27,39H,9-10,13,15,18,20H2,1-8H3,(H,41,42)(H,43,44)/t27?,36?,37-,38?/m0/s1. The van der Waals surface area contributed by atoms with Crippen molar-refractivity contribution in [2.75, 3.05) is 0 Å². The number of carboxylic acids is 2. The van der Waals surface area contributed by atoms with Gasteiger partial charge in [-0.1, -0.05) is 35.5 Å². The SMILES string of the molecule is CC(C)=CCCC1(C)C=Cc2c(O)c3c(c(CC=C(C)C)c2O1)OC12C(=CCCC1C(C)(C)O[C@@]2(CC=C(C)C(=O)O)C(=O)O)C3=O. The summed E-state index contributed by atoms with van der Waals surface area (Å²) in [5, 5.41) is 32.4. The lowest BCUT2D eigenvalue weighted by atomic mass is 9.60. The van der Waals surface area contributed by atoms with Gasteiger partial charge in [0.15, 0.2) is 11.4 Å². The Balaban J connectivity index is 1.80. The molecule has 3 unspecified atom stereocenters. The maximum absolute atomic E-state index is 14.7. The first kappa shape index (κ1) is 34.2. The Labute approximate surface area is 276 Å². The largest absolute Gasteiger partial charge is 0.506 e. The second-order valence-electron chi connectivity index (χ2n) is 14.5. The van der Waals surface area contributed by atoms with Crippen LogP contribution in [0, 0.1) is 5.92 Å². The Bertz CT molecular complexity index is 1700. The molecule has 252 valence electrons. The van der Waals surface area contributed by atoms with Gasteiger partial charge in [-0.3, -0.25) is 4.79 Å². The number of carboxylic acid groups (broad SMARTS) is 2. The van der Waals surface area contributed by atoms with Crippen molar-refractivity contribution in [1.82, 2.24) is 0 Å². The number of ether oxygens (including phenoxy) is 3. The van der Waals surface area contributed by atoms with Crippen LogP contribution in [0.1, 0.15) is 109 Å². The monoisotopic (exact) mass is 646 g/mol. The summed E-state index contributed by atoms with van der Waals surface area (Å²) < 4.78 is 20.2. The Kier molecular flexibility index (Phi) is 8.63. The molecule has 3 heterocycles. The van der Waals surface area contributed by atoms with Crippen molar-refractivity contribution in [1.29, 1.82) is 0 Å². The molecular weight excluding hydrogens is 600 g/mol. The number of carbonyl (C=O) groups excluding carboxylic acids is 1. The fourth-order valence-electron chi connectivity index (χ4n) is 7.66. The molecule has 0 radical (unpaired) electrons. The molecule has 1 aromatic rings. The maximum Gasteiger partial charge on any atom is 0.340 e. The van der Waals surface area contributed by atoms with Gasteiger partial charge in [-0.05, 0) is 99.6 Å². The van der Waals surface area contributed by atoms with E-state index in [4.69, 9.17) is 14.2 Å². The molecule has 9 nitrogen and oxygen atoms in total. The molecule has 0 aromatic heterocycles. The van der Waals surface area contributed by atoms with E-state index in [9.17, 15) is 29.7 Å². The van der Waals surface area contributed by atoms with Crippen LogP contribution in [0.2, 0.25) is 0 Å². The highest BCUT2D eigenvalue weighted by Crippen LogP contribution is 2.64. The number of Topliss-reactive ketones (excluding diaryl/α,β-unsaturated/α-hetero) is 1. The molecule has 4 atom stereocenters. The highest BCUT2D eigenvalue weighted by Gasteiger charge is 2.77. The van der Waals surface area contributed by atoms with Gasteiger partial charge in [0.05, 0.1) is 11.2 Å². The zero-order valence-electron chi connectivity index (χ0n) is 28.6. The highest BCUT2D eigenvalue weighted by molar-refractivity contribution is 6.17. The molecule has 47 heavy (non-hydrogen) atoms. The predicted octanol–water partition coefficient (Wildman–Crippen LogP) is 7.52. The number of benzene rings is 1. The van der Waals surface area contributed by atoms with Crippen molar-refractivity contribution in [2.45, 2.75) is 116 Å². The summed E-state index contributed by atoms with van der Waals surface area (Å²) in [6.07, 6.45) is 13.1. The van der Waals surface area contributed by atoms with Crippen LogP contribution in [-0.4, -0.2) is 55.4 Å². The molecule has 1 aromatic carbocycles. The normalized spacial score (nSPS) is 28.4. The van der Waals surface area contributed by atoms with Crippen molar-refractivity contribution in [3.05, 3.63) is 69.4 Å². The Morgan fingerprint density at radius 1 is 0.979 bits per heavy atom. The number of phenolic OH excluding ortho intramolecular Hbond substituents is 1. The fourth-order valence-corrected chi connectivity index (χ4v) is 7.66. The van der Waals surface area contributed by atoms with Crippen LogP contribution >= 0.6 is 0 Å². The molecule has 0 bridgehead atoms. The van der Waals surface area contributed by atoms with E-state index in [1.165, 1.54) is 18.6 Å². The quantitative estimate of drug-likeness (QED) is 0.184. The van der Waals surface area contributed by atoms with Crippen LogP contribution in [0.25, 0.3) is 6.08 Å². The lowest BCUT2D eigenvalue weighted by Crippen LogP contribution is -2.66. The van der Waals surface area contributed by atoms with Gasteiger partial charge >= 0.3 is 11.9 Å². The molecule has 1 fully saturated rings. The molecule has 3 N–H and O–H groups in total. The molecule has 0 amide bonds. The van der Waals surface area contributed by atoms with Crippen LogP contribution in [0.15, 0.2) is 52.7 Å². The van der Waals surface area contributed by atoms with Crippen molar-refractivity contribution < 1.29 is 43.9 Å². The minimum absolute atomic E-state index is 0.0407. The number of hydrogen-bond acceptors (Lipinski definition) is 7. The van der Waals surface area contributed by atoms with Crippen LogP contribution in [0.5, 0.6) is 17.2 Å². The summed E-state index contributed by atoms with van der Waals surface area (Å²) in [6, 6.07) is 0. The summed E-state index contributed by atoms with van der Waals surface area (Å²) in [5.41, 5.74) is -2.67. The number of allylic oxidation sites excluding steroid dienone is 5. The van der Waals surface area contributed by atoms with E-state index in [0.29, 0.717) is 42.6 Å². The minimum atomic E-state index is -2.16. The smallest absolute Gasteiger partial charge is 0.340 e. The fraction of sp³-hybridized carbons (Fsp3) is 0.500. The Morgan fingerprint density at radius 2 is 1.66 bits per heavy atom. The number of phenols is 1. The minimum Gasteiger partial charge on any atom is -0.506 e. The molecule has 9 heteroatoms. The Morgan fingerprint density at radius 3 is 2.28 bits per heavy atom. The summed E-state index contributed by atoms with van der Waals surface area (Å²) in [4.78, 5) is 40.0. The van der Waals surface area contributed by atoms with Gasteiger partial charge in [0.25, 0.3) is 0 Å². The summed E-state index contributed by atoms with van der Waals surface area (Å²) >= 11 is 0. The second kappa shape index (κ2) is 11.8. The summed E-state index contributed by atoms with van der Waals surface area (Å²) in [7, 11) is 0. The van der Waals surface area contributed by atoms with E-state index in [2.05, 4.69) is 6.08 Å². The molecule has 1 saturated heterocycles. The van der Waals surface area contributed by atoms with E-state index in [-0.39, 0.29) is 34.6 Å². The third-order valence-corrected chi connectivity index (χ3v) is 10.0. The van der Waals surface area contributed by atoms with E-state index >= 15 is 0 Å². The van der Waals surface area contributed by atoms with Crippen molar-refractivity contribution in [3.8, 4) is 17.2 Å². The number of ketones is 1. The zero-order valence-corrected chi connectivity index (χ0v) is 28.6. The van der Waals surface area contributed by atoms with Crippen molar-refractivity contribution >= 4 is 23.8 Å². The van der Waals surface area contributed by atoms with Crippen LogP contribution in [-0.2, 0) is 20.7 Å². The van der Waals surface area contributed by atoms with E-state index in [0.717, 1.165) is 12.0 Å². The molecule has 1 aliphatic carbocycles. The van der Waals surface area contributed by atoms with Gasteiger partial charge in [0.2, 0.25) is 5.60 Å². The number of hydrogen-bond donors (Lipinski definition) is 3. The van der Waals surface area contributed by atoms with Gasteiger partial charge < -0.3 is 29.5 Å². The van der Waals surface area contributed by atoms with E-state index < -0.39 is 46.0 Å². The maximum atomic E-state index is 14.7. The third-order valence-electron chi connectivity index (χ3n) is 10.0. The average molecular weight is 647 g/mol. The van der Waals surface area contributed by atoms with Crippen LogP contribution < -0.4 is 9.47 Å². The van der Waals surface area contributed by atoms with Gasteiger partial charge in [0, 0.05) is 29.0 Å². The highest BCUT2D eigenvalue weighted by atomic mass is 16.6. The van der Waals surface area contributed by atoms with E-state index in [1.54, 1.807) is 26.0 Å². The summed E-state index contributed by atoms with van der Waals surface area (Å²) in [5.74, 6) is -3.53. The van der Waals surface area contributed by atoms with Gasteiger partial charge in [-0.25, -0.2) is 9.59 Å². The third kappa shape index (κ3) is 5.42. The Hall–Kier alpha value is -4.11. The molecule has 5 rings (SSSR count). The zero-order chi connectivity index (χ0) is 34.7. The van der Waals surface area contributed by atoms with Crippen molar-refractivity contribution in [2.24, 2.45) is 5.92 Å². The van der Waals surface area contributed by atoms with Gasteiger partial charge in [-0.15, -0.1) is 0 Å².